The Morgan fingerprint density at radius 2 is 0.514 bits per heavy atom. The molecule has 2 aliphatic carbocycles. The van der Waals surface area contributed by atoms with Gasteiger partial charge in [0.1, 0.15) is 0 Å². The van der Waals surface area contributed by atoms with Crippen LogP contribution in [0.15, 0.2) is 49.9 Å². The number of aliphatic imine (C=N–C) groups is 10. The minimum atomic E-state index is 0.513. The van der Waals surface area contributed by atoms with Gasteiger partial charge in [-0.1, -0.05) is 38.5 Å². The number of rotatable bonds is 2. The molecule has 18 heterocycles. The zero-order valence-corrected chi connectivity index (χ0v) is 66.3. The molecule has 0 unspecified atom stereocenters. The fourth-order valence-corrected chi connectivity index (χ4v) is 17.2. The van der Waals surface area contributed by atoms with Gasteiger partial charge in [-0.05, 0) is 154 Å². The van der Waals surface area contributed by atoms with Crippen LogP contribution in [0.3, 0.4) is 0 Å². The number of nitrogens with one attached hydrogen (secondary N) is 9. The summed E-state index contributed by atoms with van der Waals surface area (Å²) in [5, 5.41) is 30.4. The van der Waals surface area contributed by atoms with Gasteiger partial charge in [0.2, 0.25) is 11.9 Å². The average Bonchev–Trinajstić information content (AvgIpc) is 0.935. The summed E-state index contributed by atoms with van der Waals surface area (Å²) in [6, 6.07) is 1.12. The van der Waals surface area contributed by atoms with Crippen molar-refractivity contribution in [2.24, 2.45) is 49.9 Å². The Labute approximate surface area is 643 Å². The number of hydrogen-bond acceptors (Lipinski definition) is 27. The minimum Gasteiger partial charge on any atom is -0.356 e. The first-order valence-electron chi connectivity index (χ1n) is 43.8. The molecule has 0 radical (unpaired) electrons. The molecule has 18 aliphatic heterocycles. The van der Waals surface area contributed by atoms with Gasteiger partial charge in [0, 0.05) is 235 Å². The van der Waals surface area contributed by atoms with Crippen LogP contribution in [0.25, 0.3) is 0 Å². The molecule has 107 heavy (non-hydrogen) atoms. The van der Waals surface area contributed by atoms with Crippen LogP contribution in [0.4, 0.5) is 0 Å². The van der Waals surface area contributed by atoms with Crippen molar-refractivity contribution in [2.75, 3.05) is 236 Å². The molecule has 0 aromatic carbocycles. The van der Waals surface area contributed by atoms with E-state index in [4.69, 9.17) is 9.98 Å². The maximum atomic E-state index is 5.27. The minimum absolute atomic E-state index is 0.513. The molecule has 29 nitrogen and oxygen atoms in total. The molecule has 0 bridgehead atoms. The van der Waals surface area contributed by atoms with E-state index >= 15 is 0 Å². The Morgan fingerprint density at radius 1 is 0.234 bits per heavy atom. The van der Waals surface area contributed by atoms with Gasteiger partial charge < -0.3 is 92.0 Å². The van der Waals surface area contributed by atoms with Gasteiger partial charge >= 0.3 is 0 Å². The van der Waals surface area contributed by atoms with Crippen molar-refractivity contribution >= 4 is 59.6 Å². The van der Waals surface area contributed by atoms with Crippen molar-refractivity contribution in [3.05, 3.63) is 0 Å². The highest BCUT2D eigenvalue weighted by Gasteiger charge is 2.32. The molecule has 0 spiro atoms. The van der Waals surface area contributed by atoms with Crippen LogP contribution in [-0.4, -0.2) is 356 Å². The van der Waals surface area contributed by atoms with Crippen LogP contribution in [0.5, 0.6) is 0 Å². The van der Waals surface area contributed by atoms with Gasteiger partial charge in [0.15, 0.2) is 47.7 Å². The standard InChI is InChI=1S/C20H35N5.2C9H17N3.2C8H15N3.C7H13N3.2C6H11N3.C5H9N3/c1-3-9-17(10-4-1)22-19(23-18-11-5-2-6-12-18)25-16-8-15-24-14-7-13-21-20(24)25;2*1-2-5-10-9-11-6-4-8-12(9)7-3-1;2*1-2-6-11-7-3-5-10-8(11)9-4-1;1-3-8-7-9-4-2-6-10(7)5-1;2*1-2-7-6-8-3-5-9(6)4-1;1-3-8-4-2-7-5(8)6-1/h17-18H,1-16H2,(H,22,23);2*1-8H2,(H,10,11);2*1-7H2,(H,9,10);1-6H2,(H,8,9);2*1-5H2,(H,7,8);1-4H2,(H,6,7). The van der Waals surface area contributed by atoms with Gasteiger partial charge in [-0.15, -0.1) is 0 Å². The molecule has 9 saturated heterocycles. The summed E-state index contributed by atoms with van der Waals surface area (Å²) in [6.45, 7) is 40.2. The molecule has 600 valence electrons. The summed E-state index contributed by atoms with van der Waals surface area (Å²) in [6.07, 6.45) is 38.8. The fourth-order valence-electron chi connectivity index (χ4n) is 17.2. The largest absolute Gasteiger partial charge is 0.356 e. The van der Waals surface area contributed by atoms with E-state index in [-0.39, 0.29) is 0 Å². The van der Waals surface area contributed by atoms with Crippen molar-refractivity contribution in [3.8, 4) is 0 Å². The van der Waals surface area contributed by atoms with E-state index in [1.165, 1.54) is 277 Å². The molecule has 20 aliphatic rings. The quantitative estimate of drug-likeness (QED) is 0.136. The summed E-state index contributed by atoms with van der Waals surface area (Å²) >= 11 is 0. The Hall–Kier alpha value is -7.10. The highest BCUT2D eigenvalue weighted by atomic mass is 15.5. The number of hydrogen-bond donors (Lipinski definition) is 9. The summed E-state index contributed by atoms with van der Waals surface area (Å²) in [7, 11) is 0. The normalized spacial score (nSPS) is 25.3. The number of guanidine groups is 10. The molecule has 29 heteroatoms. The first-order chi connectivity index (χ1) is 53.1. The third kappa shape index (κ3) is 26.3. The second-order valence-electron chi connectivity index (χ2n) is 31.6. The number of nitrogens with zero attached hydrogens (tertiary/aromatic N) is 20. The zero-order chi connectivity index (χ0) is 72.8. The SMILES string of the molecule is C1CCC(N=C(NC2CCCCC2)N2CCCN3CCCN=C32)CC1.C1CCN2CCCN=C2NC1.C1CCN2CCCN=C2NC1.C1CCNC2=NCCCN2CC1.C1CCNC2=NCCCN2CC1.C1CN2CCNC2=N1.C1CN=C2NCCCN2C1.C1CN=C2NCCN2C1.C1CN=C2NCCN2C1. The first kappa shape index (κ1) is 79.5. The molecular weight excluding hydrogens is 1340 g/mol. The van der Waals surface area contributed by atoms with Crippen molar-refractivity contribution in [1.29, 1.82) is 0 Å². The van der Waals surface area contributed by atoms with Gasteiger partial charge in [0.05, 0.1) is 12.6 Å². The van der Waals surface area contributed by atoms with E-state index in [2.05, 4.69) is 137 Å². The van der Waals surface area contributed by atoms with Crippen LogP contribution >= 0.6 is 0 Å². The lowest BCUT2D eigenvalue weighted by atomic mass is 9.95. The van der Waals surface area contributed by atoms with Crippen LogP contribution in [0.2, 0.25) is 0 Å². The topological polar surface area (TPSA) is 264 Å². The molecule has 0 atom stereocenters. The van der Waals surface area contributed by atoms with Gasteiger partial charge in [-0.25, -0.2) is 4.99 Å². The fraction of sp³-hybridized carbons (Fsp3) is 0.872. The van der Waals surface area contributed by atoms with E-state index in [9.17, 15) is 0 Å². The highest BCUT2D eigenvalue weighted by molar-refractivity contribution is 5.99. The summed E-state index contributed by atoms with van der Waals surface area (Å²) in [4.78, 5) is 68.9. The molecule has 20 rings (SSSR count). The van der Waals surface area contributed by atoms with Crippen LogP contribution in [-0.2, 0) is 0 Å². The third-order valence-electron chi connectivity index (χ3n) is 23.1. The van der Waals surface area contributed by atoms with Crippen LogP contribution < -0.4 is 47.9 Å². The monoisotopic (exact) mass is 1490 g/mol. The van der Waals surface area contributed by atoms with Crippen LogP contribution in [0.1, 0.15) is 193 Å². The number of fused-ring (bicyclic) bond motifs is 9. The highest BCUT2D eigenvalue weighted by Crippen LogP contribution is 2.24. The maximum Gasteiger partial charge on any atom is 0.203 e. The third-order valence-corrected chi connectivity index (χ3v) is 23.1. The smallest absolute Gasteiger partial charge is 0.203 e. The molecule has 9 N–H and O–H groups in total. The average molecular weight is 1490 g/mol. The van der Waals surface area contributed by atoms with E-state index in [1.807, 2.05) is 0 Å². The molecule has 0 aromatic heterocycles. The molecule has 2 saturated carbocycles. The lowest BCUT2D eigenvalue weighted by molar-refractivity contribution is 0.286. The Morgan fingerprint density at radius 3 is 0.907 bits per heavy atom. The van der Waals surface area contributed by atoms with Crippen LogP contribution in [0, 0.1) is 0 Å². The van der Waals surface area contributed by atoms with E-state index < -0.39 is 0 Å². The molecule has 0 aromatic rings. The first-order valence-corrected chi connectivity index (χ1v) is 43.8. The van der Waals surface area contributed by atoms with Crippen molar-refractivity contribution in [3.63, 3.8) is 0 Å². The summed E-state index contributed by atoms with van der Waals surface area (Å²) < 4.78 is 0. The van der Waals surface area contributed by atoms with Crippen molar-refractivity contribution < 1.29 is 0 Å². The van der Waals surface area contributed by atoms with Gasteiger partial charge in [0.25, 0.3) is 0 Å². The molecular formula is C78H143N29. The predicted octanol–water partition coefficient (Wildman–Crippen LogP) is 4.48. The maximum absolute atomic E-state index is 5.27. The lowest BCUT2D eigenvalue weighted by Gasteiger charge is -2.42. The zero-order valence-electron chi connectivity index (χ0n) is 66.3. The lowest BCUT2D eigenvalue weighted by Crippen LogP contribution is -2.59. The van der Waals surface area contributed by atoms with E-state index in [1.54, 1.807) is 0 Å². The van der Waals surface area contributed by atoms with E-state index in [0.29, 0.717) is 12.1 Å². The Balaban J connectivity index is 0.000000116. The summed E-state index contributed by atoms with van der Waals surface area (Å²) in [5.74, 6) is 11.4. The predicted molar refractivity (Wildman–Crippen MR) is 442 cm³/mol. The Kier molecular flexibility index (Phi) is 34.0. The summed E-state index contributed by atoms with van der Waals surface area (Å²) in [5.41, 5.74) is 0. The van der Waals surface area contributed by atoms with Gasteiger partial charge in [-0.2, -0.15) is 0 Å². The van der Waals surface area contributed by atoms with Crippen molar-refractivity contribution in [2.45, 2.75) is 205 Å². The molecule has 11 fully saturated rings. The Bertz CT molecular complexity index is 2800. The van der Waals surface area contributed by atoms with E-state index in [0.717, 1.165) is 211 Å². The second kappa shape index (κ2) is 45.8. The van der Waals surface area contributed by atoms with Gasteiger partial charge in [-0.3, -0.25) is 49.8 Å². The van der Waals surface area contributed by atoms with Crippen molar-refractivity contribution in [1.82, 2.24) is 96.9 Å². The molecule has 0 amide bonds. The second-order valence-corrected chi connectivity index (χ2v) is 31.6.